The van der Waals surface area contributed by atoms with E-state index in [1.165, 1.54) is 43.0 Å². The Hall–Kier alpha value is -2.51. The SMILES string of the molecule is Cc1cc(C)n2nc(C(=O)OCC(=O)NCC34CC5CC(CC(C5)C3)C4)nc2n1. The first kappa shape index (κ1) is 18.5. The Morgan fingerprint density at radius 1 is 1.14 bits per heavy atom. The predicted octanol–water partition coefficient (Wildman–Crippen LogP) is 2.23. The molecule has 154 valence electrons. The topological polar surface area (TPSA) is 98.5 Å². The van der Waals surface area contributed by atoms with Gasteiger partial charge < -0.3 is 10.1 Å². The maximum Gasteiger partial charge on any atom is 0.378 e. The fourth-order valence-corrected chi connectivity index (χ4v) is 6.29. The number of aromatic nitrogens is 4. The molecule has 4 fully saturated rings. The van der Waals surface area contributed by atoms with Crippen LogP contribution in [0.15, 0.2) is 6.07 Å². The summed E-state index contributed by atoms with van der Waals surface area (Å²) in [6.45, 7) is 4.10. The maximum atomic E-state index is 12.3. The lowest BCUT2D eigenvalue weighted by molar-refractivity contribution is -0.126. The Labute approximate surface area is 169 Å². The molecule has 2 heterocycles. The fourth-order valence-electron chi connectivity index (χ4n) is 6.29. The number of fused-ring (bicyclic) bond motifs is 1. The highest BCUT2D eigenvalue weighted by atomic mass is 16.5. The summed E-state index contributed by atoms with van der Waals surface area (Å²) in [7, 11) is 0. The number of carbonyl (C=O) groups is 2. The zero-order valence-electron chi connectivity index (χ0n) is 17.0. The Balaban J connectivity index is 1.16. The quantitative estimate of drug-likeness (QED) is 0.777. The van der Waals surface area contributed by atoms with Crippen molar-refractivity contribution in [1.82, 2.24) is 24.9 Å². The minimum atomic E-state index is -0.711. The Kier molecular flexibility index (Phi) is 4.33. The summed E-state index contributed by atoms with van der Waals surface area (Å²) in [5.74, 6) is 1.83. The fraction of sp³-hybridized carbons (Fsp3) is 0.667. The van der Waals surface area contributed by atoms with Gasteiger partial charge in [0.25, 0.3) is 17.5 Å². The summed E-state index contributed by atoms with van der Waals surface area (Å²) in [5, 5.41) is 7.16. The van der Waals surface area contributed by atoms with E-state index >= 15 is 0 Å². The van der Waals surface area contributed by atoms with Gasteiger partial charge in [0, 0.05) is 17.9 Å². The summed E-state index contributed by atoms with van der Waals surface area (Å²) in [6.07, 6.45) is 7.84. The van der Waals surface area contributed by atoms with Gasteiger partial charge in [-0.3, -0.25) is 4.79 Å². The first-order valence-corrected chi connectivity index (χ1v) is 10.5. The predicted molar refractivity (Wildman–Crippen MR) is 104 cm³/mol. The third-order valence-electron chi connectivity index (χ3n) is 6.96. The molecule has 0 saturated heterocycles. The van der Waals surface area contributed by atoms with Gasteiger partial charge in [-0.25, -0.2) is 14.3 Å². The van der Waals surface area contributed by atoms with Crippen molar-refractivity contribution < 1.29 is 14.3 Å². The number of amides is 1. The van der Waals surface area contributed by atoms with E-state index in [2.05, 4.69) is 20.4 Å². The summed E-state index contributed by atoms with van der Waals surface area (Å²) < 4.78 is 6.64. The van der Waals surface area contributed by atoms with Crippen LogP contribution in [-0.4, -0.2) is 44.6 Å². The second-order valence-electron chi connectivity index (χ2n) is 9.46. The number of ether oxygens (including phenoxy) is 1. The summed E-state index contributed by atoms with van der Waals surface area (Å²) in [4.78, 5) is 32.9. The van der Waals surface area contributed by atoms with E-state index in [-0.39, 0.29) is 23.8 Å². The van der Waals surface area contributed by atoms with Crippen LogP contribution in [0.25, 0.3) is 5.78 Å². The van der Waals surface area contributed by atoms with Crippen molar-refractivity contribution in [3.8, 4) is 0 Å². The molecule has 0 atom stereocenters. The van der Waals surface area contributed by atoms with Gasteiger partial charge in [0.15, 0.2) is 6.61 Å². The van der Waals surface area contributed by atoms with Gasteiger partial charge >= 0.3 is 5.97 Å². The van der Waals surface area contributed by atoms with Crippen LogP contribution in [0, 0.1) is 37.0 Å². The van der Waals surface area contributed by atoms with Crippen LogP contribution in [-0.2, 0) is 9.53 Å². The van der Waals surface area contributed by atoms with Crippen molar-refractivity contribution in [2.45, 2.75) is 52.4 Å². The number of esters is 1. The van der Waals surface area contributed by atoms with Gasteiger partial charge in [-0.1, -0.05) is 0 Å². The molecule has 8 nitrogen and oxygen atoms in total. The molecule has 29 heavy (non-hydrogen) atoms. The standard InChI is InChI=1S/C21H27N5O3/c1-12-3-13(2)26-20(23-12)24-18(25-26)19(28)29-10-17(27)22-11-21-7-14-4-15(8-21)6-16(5-14)9-21/h3,14-16H,4-11H2,1-2H3,(H,22,27). The molecule has 4 aliphatic carbocycles. The number of hydrogen-bond donors (Lipinski definition) is 1. The van der Waals surface area contributed by atoms with E-state index in [0.29, 0.717) is 12.3 Å². The zero-order chi connectivity index (χ0) is 20.2. The molecule has 6 rings (SSSR count). The average molecular weight is 397 g/mol. The monoisotopic (exact) mass is 397 g/mol. The first-order valence-electron chi connectivity index (χ1n) is 10.5. The van der Waals surface area contributed by atoms with Crippen molar-refractivity contribution in [3.05, 3.63) is 23.3 Å². The molecule has 2 aromatic heterocycles. The summed E-state index contributed by atoms with van der Waals surface area (Å²) >= 11 is 0. The number of rotatable bonds is 5. The molecule has 0 aromatic carbocycles. The van der Waals surface area contributed by atoms with Crippen LogP contribution in [0.1, 0.15) is 60.5 Å². The van der Waals surface area contributed by atoms with E-state index in [1.54, 1.807) is 0 Å². The first-order chi connectivity index (χ1) is 13.9. The van der Waals surface area contributed by atoms with Gasteiger partial charge in [-0.15, -0.1) is 5.10 Å². The second-order valence-corrected chi connectivity index (χ2v) is 9.46. The average Bonchev–Trinajstić information content (AvgIpc) is 3.08. The summed E-state index contributed by atoms with van der Waals surface area (Å²) in [6, 6.07) is 1.86. The van der Waals surface area contributed by atoms with Crippen LogP contribution < -0.4 is 5.32 Å². The third kappa shape index (κ3) is 3.49. The molecule has 0 spiro atoms. The molecule has 1 N–H and O–H groups in total. The van der Waals surface area contributed by atoms with Crippen molar-refractivity contribution in [1.29, 1.82) is 0 Å². The lowest BCUT2D eigenvalue weighted by Gasteiger charge is -2.56. The van der Waals surface area contributed by atoms with Gasteiger partial charge in [-0.2, -0.15) is 4.98 Å². The molecule has 8 heteroatoms. The number of nitrogens with zero attached hydrogens (tertiary/aromatic N) is 4. The van der Waals surface area contributed by atoms with Crippen LogP contribution in [0.2, 0.25) is 0 Å². The minimum absolute atomic E-state index is 0.0833. The molecule has 0 radical (unpaired) electrons. The van der Waals surface area contributed by atoms with Crippen molar-refractivity contribution in [2.75, 3.05) is 13.2 Å². The Bertz CT molecular complexity index is 947. The molecule has 4 bridgehead atoms. The molecule has 4 aliphatic rings. The van der Waals surface area contributed by atoms with E-state index in [1.807, 2.05) is 19.9 Å². The Morgan fingerprint density at radius 3 is 2.45 bits per heavy atom. The number of carbonyl (C=O) groups excluding carboxylic acids is 2. The summed E-state index contributed by atoms with van der Waals surface area (Å²) in [5.41, 5.74) is 1.89. The van der Waals surface area contributed by atoms with Crippen LogP contribution in [0.5, 0.6) is 0 Å². The molecular formula is C21H27N5O3. The third-order valence-corrected chi connectivity index (χ3v) is 6.96. The smallest absolute Gasteiger partial charge is 0.378 e. The molecule has 1 amide bonds. The van der Waals surface area contributed by atoms with Crippen molar-refractivity contribution in [2.24, 2.45) is 23.2 Å². The van der Waals surface area contributed by atoms with E-state index < -0.39 is 5.97 Å². The van der Waals surface area contributed by atoms with Crippen molar-refractivity contribution in [3.63, 3.8) is 0 Å². The number of nitrogens with one attached hydrogen (secondary N) is 1. The lowest BCUT2D eigenvalue weighted by atomic mass is 9.49. The Morgan fingerprint density at radius 2 is 1.79 bits per heavy atom. The number of hydrogen-bond acceptors (Lipinski definition) is 6. The zero-order valence-corrected chi connectivity index (χ0v) is 17.0. The highest BCUT2D eigenvalue weighted by Gasteiger charge is 2.50. The van der Waals surface area contributed by atoms with Gasteiger partial charge in [0.1, 0.15) is 0 Å². The number of aryl methyl sites for hydroxylation is 2. The van der Waals surface area contributed by atoms with E-state index in [4.69, 9.17) is 4.74 Å². The molecule has 4 saturated carbocycles. The lowest BCUT2D eigenvalue weighted by Crippen LogP contribution is -2.51. The minimum Gasteiger partial charge on any atom is -0.450 e. The molecule has 2 aromatic rings. The highest BCUT2D eigenvalue weighted by Crippen LogP contribution is 2.59. The van der Waals surface area contributed by atoms with Crippen LogP contribution >= 0.6 is 0 Å². The van der Waals surface area contributed by atoms with E-state index in [0.717, 1.165) is 29.1 Å². The molecular weight excluding hydrogens is 370 g/mol. The van der Waals surface area contributed by atoms with E-state index in [9.17, 15) is 9.59 Å². The van der Waals surface area contributed by atoms with Crippen molar-refractivity contribution >= 4 is 17.7 Å². The highest BCUT2D eigenvalue weighted by molar-refractivity contribution is 5.88. The maximum absolute atomic E-state index is 12.3. The van der Waals surface area contributed by atoms with Gasteiger partial charge in [0.05, 0.1) is 0 Å². The van der Waals surface area contributed by atoms with Crippen LogP contribution in [0.3, 0.4) is 0 Å². The second kappa shape index (κ2) is 6.78. The van der Waals surface area contributed by atoms with Crippen LogP contribution in [0.4, 0.5) is 0 Å². The van der Waals surface area contributed by atoms with Gasteiger partial charge in [0.2, 0.25) is 0 Å². The molecule has 0 aliphatic heterocycles. The molecule has 0 unspecified atom stereocenters. The van der Waals surface area contributed by atoms with Gasteiger partial charge in [-0.05, 0) is 81.6 Å². The largest absolute Gasteiger partial charge is 0.450 e. The normalized spacial score (nSPS) is 29.9.